The molecule has 1 aliphatic rings. The summed E-state index contributed by atoms with van der Waals surface area (Å²) in [5.74, 6) is 5.20. The zero-order valence-electron chi connectivity index (χ0n) is 9.40. The monoisotopic (exact) mass is 212 g/mol. The smallest absolute Gasteiger partial charge is 0.0514 e. The van der Waals surface area contributed by atoms with E-state index in [1.165, 1.54) is 23.1 Å². The molecule has 3 N–H and O–H groups in total. The van der Waals surface area contributed by atoms with E-state index in [2.05, 4.69) is 29.7 Å². The summed E-state index contributed by atoms with van der Waals surface area (Å²) in [7, 11) is 0. The van der Waals surface area contributed by atoms with Crippen LogP contribution in [0.3, 0.4) is 0 Å². The van der Waals surface area contributed by atoms with Crippen LogP contribution in [0.25, 0.3) is 0 Å². The number of benzene rings is 2. The second kappa shape index (κ2) is 4.81. The van der Waals surface area contributed by atoms with Crippen LogP contribution >= 0.6 is 0 Å². The molecule has 0 fully saturated rings. The van der Waals surface area contributed by atoms with Gasteiger partial charge in [-0.15, -0.1) is 0 Å². The number of para-hydroxylation sites is 1. The molecule has 0 saturated heterocycles. The average molecular weight is 212 g/mol. The summed E-state index contributed by atoms with van der Waals surface area (Å²) < 4.78 is 0. The van der Waals surface area contributed by atoms with Gasteiger partial charge in [-0.05, 0) is 36.1 Å². The highest BCUT2D eigenvalue weighted by Gasteiger charge is 2.12. The normalized spacial score (nSPS) is 10.9. The molecule has 0 bridgehead atoms. The number of hydrogen-bond acceptors (Lipinski definition) is 2. The molecule has 0 spiro atoms. The van der Waals surface area contributed by atoms with Crippen molar-refractivity contribution < 1.29 is 0 Å². The van der Waals surface area contributed by atoms with E-state index >= 15 is 0 Å². The molecule has 16 heavy (non-hydrogen) atoms. The van der Waals surface area contributed by atoms with Gasteiger partial charge >= 0.3 is 0 Å². The first-order valence-electron chi connectivity index (χ1n) is 5.40. The summed E-state index contributed by atoms with van der Waals surface area (Å²) in [6.45, 7) is 2.01. The standard InChI is InChI=1S/C7H10N2.C7H6/c1-6-4-2-3-5-7(6)9-8;1-2-4-7-5-6(7)3-1/h2-5,9H,8H2,1H3;1-4H,5H2. The summed E-state index contributed by atoms with van der Waals surface area (Å²) in [6, 6.07) is 16.4. The van der Waals surface area contributed by atoms with E-state index in [0.29, 0.717) is 0 Å². The van der Waals surface area contributed by atoms with E-state index < -0.39 is 0 Å². The predicted octanol–water partition coefficient (Wildman–Crippen LogP) is 2.87. The Morgan fingerprint density at radius 2 is 1.50 bits per heavy atom. The van der Waals surface area contributed by atoms with Crippen molar-refractivity contribution >= 4 is 5.69 Å². The maximum atomic E-state index is 5.20. The number of rotatable bonds is 1. The molecule has 2 aromatic rings. The van der Waals surface area contributed by atoms with Crippen molar-refractivity contribution in [2.75, 3.05) is 5.43 Å². The van der Waals surface area contributed by atoms with Gasteiger partial charge < -0.3 is 5.43 Å². The van der Waals surface area contributed by atoms with Crippen LogP contribution < -0.4 is 11.3 Å². The molecule has 0 amide bonds. The van der Waals surface area contributed by atoms with Crippen molar-refractivity contribution in [2.24, 2.45) is 5.84 Å². The van der Waals surface area contributed by atoms with Crippen LogP contribution in [0.5, 0.6) is 0 Å². The van der Waals surface area contributed by atoms with E-state index in [-0.39, 0.29) is 0 Å². The van der Waals surface area contributed by atoms with Gasteiger partial charge in [0.1, 0.15) is 0 Å². The molecule has 0 aromatic heterocycles. The van der Waals surface area contributed by atoms with Gasteiger partial charge in [0.15, 0.2) is 0 Å². The Kier molecular flexibility index (Phi) is 3.22. The van der Waals surface area contributed by atoms with Crippen molar-refractivity contribution in [3.8, 4) is 0 Å². The number of hydrogen-bond donors (Lipinski definition) is 2. The second-order valence-electron chi connectivity index (χ2n) is 3.90. The number of aryl methyl sites for hydroxylation is 1. The third-order valence-corrected chi connectivity index (χ3v) is 2.67. The number of fused-ring (bicyclic) bond motifs is 1. The molecule has 3 rings (SSSR count). The lowest BCUT2D eigenvalue weighted by atomic mass is 10.2. The number of anilines is 1. The fourth-order valence-corrected chi connectivity index (χ4v) is 1.57. The predicted molar refractivity (Wildman–Crippen MR) is 68.2 cm³/mol. The Bertz CT molecular complexity index is 457. The molecule has 2 aromatic carbocycles. The minimum absolute atomic E-state index is 0.984. The highest BCUT2D eigenvalue weighted by Crippen LogP contribution is 2.25. The summed E-state index contributed by atoms with van der Waals surface area (Å²) in [5.41, 5.74) is 7.81. The molecule has 0 heterocycles. The second-order valence-corrected chi connectivity index (χ2v) is 3.90. The summed E-state index contributed by atoms with van der Waals surface area (Å²) in [4.78, 5) is 0. The van der Waals surface area contributed by atoms with Crippen LogP contribution in [0.4, 0.5) is 5.69 Å². The third-order valence-electron chi connectivity index (χ3n) is 2.67. The highest BCUT2D eigenvalue weighted by atomic mass is 15.2. The van der Waals surface area contributed by atoms with Gasteiger partial charge in [0.25, 0.3) is 0 Å². The minimum atomic E-state index is 0.984. The minimum Gasteiger partial charge on any atom is -0.324 e. The van der Waals surface area contributed by atoms with Gasteiger partial charge in [0, 0.05) is 0 Å². The van der Waals surface area contributed by atoms with Crippen molar-refractivity contribution in [3.63, 3.8) is 0 Å². The number of nitrogens with two attached hydrogens (primary N) is 1. The third kappa shape index (κ3) is 2.61. The first-order valence-corrected chi connectivity index (χ1v) is 5.40. The number of hydrazine groups is 1. The van der Waals surface area contributed by atoms with Gasteiger partial charge in [-0.2, -0.15) is 0 Å². The quantitative estimate of drug-likeness (QED) is 0.481. The maximum absolute atomic E-state index is 5.20. The molecular formula is C14H16N2. The molecule has 0 radical (unpaired) electrons. The first-order chi connectivity index (χ1) is 7.81. The lowest BCUT2D eigenvalue weighted by Crippen LogP contribution is -2.07. The van der Waals surface area contributed by atoms with E-state index in [4.69, 9.17) is 5.84 Å². The molecule has 1 aliphatic carbocycles. The van der Waals surface area contributed by atoms with Gasteiger partial charge in [-0.1, -0.05) is 42.5 Å². The maximum Gasteiger partial charge on any atom is 0.0514 e. The highest BCUT2D eigenvalue weighted by molar-refractivity contribution is 5.48. The molecular weight excluding hydrogens is 196 g/mol. The van der Waals surface area contributed by atoms with Crippen LogP contribution in [0.1, 0.15) is 16.7 Å². The van der Waals surface area contributed by atoms with Crippen LogP contribution in [0, 0.1) is 6.92 Å². The topological polar surface area (TPSA) is 38.0 Å². The van der Waals surface area contributed by atoms with Gasteiger partial charge in [-0.3, -0.25) is 5.84 Å². The lowest BCUT2D eigenvalue weighted by molar-refractivity contribution is 1.31. The van der Waals surface area contributed by atoms with Crippen molar-refractivity contribution in [3.05, 3.63) is 65.2 Å². The molecule has 0 saturated carbocycles. The fourth-order valence-electron chi connectivity index (χ4n) is 1.57. The summed E-state index contributed by atoms with van der Waals surface area (Å²) in [6.07, 6.45) is 1.24. The van der Waals surface area contributed by atoms with E-state index in [1.807, 2.05) is 31.2 Å². The zero-order valence-corrected chi connectivity index (χ0v) is 9.40. The Balaban J connectivity index is 0.000000123. The van der Waals surface area contributed by atoms with Gasteiger partial charge in [0.05, 0.1) is 5.69 Å². The molecule has 82 valence electrons. The SMILES string of the molecule is Cc1ccccc1NN.c1ccc2c(c1)C2. The van der Waals surface area contributed by atoms with Crippen molar-refractivity contribution in [2.45, 2.75) is 13.3 Å². The fraction of sp³-hybridized carbons (Fsp3) is 0.143. The molecule has 2 heteroatoms. The zero-order chi connectivity index (χ0) is 11.4. The average Bonchev–Trinajstić information content (AvgIpc) is 3.09. The number of nitrogens with one attached hydrogen (secondary N) is 1. The Morgan fingerprint density at radius 1 is 0.938 bits per heavy atom. The Labute approximate surface area is 96.1 Å². The Morgan fingerprint density at radius 3 is 1.94 bits per heavy atom. The molecule has 0 atom stereocenters. The van der Waals surface area contributed by atoms with Crippen LogP contribution in [-0.4, -0.2) is 0 Å². The van der Waals surface area contributed by atoms with E-state index in [0.717, 1.165) is 5.69 Å². The summed E-state index contributed by atoms with van der Waals surface area (Å²) in [5, 5.41) is 0. The largest absolute Gasteiger partial charge is 0.324 e. The van der Waals surface area contributed by atoms with E-state index in [1.54, 1.807) is 0 Å². The van der Waals surface area contributed by atoms with Crippen LogP contribution in [-0.2, 0) is 6.42 Å². The van der Waals surface area contributed by atoms with E-state index in [9.17, 15) is 0 Å². The van der Waals surface area contributed by atoms with Crippen LogP contribution in [0.2, 0.25) is 0 Å². The molecule has 2 nitrogen and oxygen atoms in total. The lowest BCUT2D eigenvalue weighted by Gasteiger charge is -2.01. The van der Waals surface area contributed by atoms with Gasteiger partial charge in [-0.25, -0.2) is 0 Å². The number of nitrogen functional groups attached to an aromatic ring is 1. The van der Waals surface area contributed by atoms with Crippen LogP contribution in [0.15, 0.2) is 48.5 Å². The Hall–Kier alpha value is -1.80. The van der Waals surface area contributed by atoms with Crippen molar-refractivity contribution in [1.29, 1.82) is 0 Å². The summed E-state index contributed by atoms with van der Waals surface area (Å²) >= 11 is 0. The molecule has 0 aliphatic heterocycles. The first kappa shape index (κ1) is 10.7. The van der Waals surface area contributed by atoms with Crippen molar-refractivity contribution in [1.82, 2.24) is 0 Å². The van der Waals surface area contributed by atoms with Gasteiger partial charge in [0.2, 0.25) is 0 Å². The molecule has 0 unspecified atom stereocenters.